The van der Waals surface area contributed by atoms with Gasteiger partial charge in [-0.25, -0.2) is 18.7 Å². The van der Waals surface area contributed by atoms with E-state index in [2.05, 4.69) is 32.6 Å². The zero-order chi connectivity index (χ0) is 11.5. The van der Waals surface area contributed by atoms with E-state index in [9.17, 15) is 8.78 Å². The number of rotatable bonds is 2. The fourth-order valence-corrected chi connectivity index (χ4v) is 2.00. The van der Waals surface area contributed by atoms with Crippen molar-refractivity contribution in [3.05, 3.63) is 45.8 Å². The summed E-state index contributed by atoms with van der Waals surface area (Å²) in [6, 6.07) is 3.70. The molecule has 0 bridgehead atoms. The highest BCUT2D eigenvalue weighted by molar-refractivity contribution is 14.1. The molecule has 0 aliphatic heterocycles. The molecule has 0 spiro atoms. The van der Waals surface area contributed by atoms with Gasteiger partial charge in [-0.2, -0.15) is 0 Å². The van der Waals surface area contributed by atoms with Crippen molar-refractivity contribution in [2.75, 3.05) is 0 Å². The molecule has 0 fully saturated rings. The van der Waals surface area contributed by atoms with E-state index in [-0.39, 0.29) is 0 Å². The van der Waals surface area contributed by atoms with Gasteiger partial charge in [-0.3, -0.25) is 0 Å². The summed E-state index contributed by atoms with van der Waals surface area (Å²) in [5.74, 6) is -1.72. The Bertz CT molecular complexity index is 505. The van der Waals surface area contributed by atoms with Gasteiger partial charge in [-0.15, -0.1) is 0 Å². The first kappa shape index (κ1) is 11.7. The molecule has 2 rings (SSSR count). The number of nitrogens with zero attached hydrogens (tertiary/aromatic N) is 2. The summed E-state index contributed by atoms with van der Waals surface area (Å²) in [5.41, 5.74) is 0. The number of benzene rings is 1. The van der Waals surface area contributed by atoms with E-state index in [0.29, 0.717) is 10.1 Å². The Labute approximate surface area is 109 Å². The molecular formula is C10H5F2IN2S. The SMILES string of the molecule is Fc1ccc(Sc2ncc(I)cn2)cc1F. The molecule has 1 aromatic carbocycles. The first-order valence-corrected chi connectivity index (χ1v) is 6.15. The quantitative estimate of drug-likeness (QED) is 0.612. The number of aromatic nitrogens is 2. The van der Waals surface area contributed by atoms with Crippen molar-refractivity contribution in [3.63, 3.8) is 0 Å². The first-order valence-electron chi connectivity index (χ1n) is 4.25. The van der Waals surface area contributed by atoms with Crippen molar-refractivity contribution < 1.29 is 8.78 Å². The number of halogens is 3. The minimum absolute atomic E-state index is 0.506. The topological polar surface area (TPSA) is 25.8 Å². The molecule has 0 atom stereocenters. The molecule has 0 aliphatic carbocycles. The van der Waals surface area contributed by atoms with Crippen LogP contribution >= 0.6 is 34.4 Å². The molecule has 16 heavy (non-hydrogen) atoms. The Morgan fingerprint density at radius 3 is 2.38 bits per heavy atom. The van der Waals surface area contributed by atoms with Crippen molar-refractivity contribution in [1.29, 1.82) is 0 Å². The fraction of sp³-hybridized carbons (Fsp3) is 0. The molecule has 0 unspecified atom stereocenters. The molecule has 1 aromatic heterocycles. The van der Waals surface area contributed by atoms with Gasteiger partial charge in [0.25, 0.3) is 0 Å². The third-order valence-corrected chi connectivity index (χ3v) is 3.14. The highest BCUT2D eigenvalue weighted by Crippen LogP contribution is 2.25. The van der Waals surface area contributed by atoms with Crippen molar-refractivity contribution in [3.8, 4) is 0 Å². The van der Waals surface area contributed by atoms with Gasteiger partial charge in [0.2, 0.25) is 0 Å². The van der Waals surface area contributed by atoms with Crippen LogP contribution in [0.5, 0.6) is 0 Å². The van der Waals surface area contributed by atoms with Gasteiger partial charge < -0.3 is 0 Å². The first-order chi connectivity index (χ1) is 7.65. The fourth-order valence-electron chi connectivity index (χ4n) is 0.999. The highest BCUT2D eigenvalue weighted by atomic mass is 127. The van der Waals surface area contributed by atoms with Gasteiger partial charge in [0.15, 0.2) is 16.8 Å². The summed E-state index contributed by atoms with van der Waals surface area (Å²) in [7, 11) is 0. The summed E-state index contributed by atoms with van der Waals surface area (Å²) in [6.07, 6.45) is 3.32. The Morgan fingerprint density at radius 1 is 1.06 bits per heavy atom. The van der Waals surface area contributed by atoms with Crippen LogP contribution in [0, 0.1) is 15.2 Å². The summed E-state index contributed by atoms with van der Waals surface area (Å²) in [5, 5.41) is 0.506. The van der Waals surface area contributed by atoms with E-state index in [1.165, 1.54) is 17.8 Å². The van der Waals surface area contributed by atoms with Crippen LogP contribution in [0.4, 0.5) is 8.78 Å². The van der Waals surface area contributed by atoms with Crippen LogP contribution in [0.1, 0.15) is 0 Å². The molecule has 0 saturated heterocycles. The predicted molar refractivity (Wildman–Crippen MR) is 65.2 cm³/mol. The van der Waals surface area contributed by atoms with Crippen LogP contribution < -0.4 is 0 Å². The zero-order valence-electron chi connectivity index (χ0n) is 7.82. The molecule has 0 saturated carbocycles. The van der Waals surface area contributed by atoms with E-state index in [1.54, 1.807) is 12.4 Å². The van der Waals surface area contributed by atoms with Gasteiger partial charge >= 0.3 is 0 Å². The maximum atomic E-state index is 12.9. The van der Waals surface area contributed by atoms with Crippen molar-refractivity contribution in [2.45, 2.75) is 10.1 Å². The van der Waals surface area contributed by atoms with Crippen LogP contribution in [0.2, 0.25) is 0 Å². The smallest absolute Gasteiger partial charge is 0.192 e. The lowest BCUT2D eigenvalue weighted by molar-refractivity contribution is 0.506. The highest BCUT2D eigenvalue weighted by Gasteiger charge is 2.05. The Hall–Kier alpha value is -0.760. The maximum absolute atomic E-state index is 12.9. The molecular weight excluding hydrogens is 345 g/mol. The summed E-state index contributed by atoms with van der Waals surface area (Å²) in [4.78, 5) is 8.68. The van der Waals surface area contributed by atoms with Crippen LogP contribution in [0.15, 0.2) is 40.6 Å². The molecule has 0 amide bonds. The minimum atomic E-state index is -0.865. The van der Waals surface area contributed by atoms with Crippen molar-refractivity contribution in [2.24, 2.45) is 0 Å². The second kappa shape index (κ2) is 5.05. The van der Waals surface area contributed by atoms with Crippen LogP contribution in [-0.4, -0.2) is 9.97 Å². The number of hydrogen-bond donors (Lipinski definition) is 0. The molecule has 82 valence electrons. The average molecular weight is 350 g/mol. The van der Waals surface area contributed by atoms with Crippen molar-refractivity contribution in [1.82, 2.24) is 9.97 Å². The Balaban J connectivity index is 2.20. The molecule has 1 heterocycles. The van der Waals surface area contributed by atoms with E-state index in [1.807, 2.05) is 0 Å². The number of hydrogen-bond acceptors (Lipinski definition) is 3. The third kappa shape index (κ3) is 2.88. The second-order valence-electron chi connectivity index (χ2n) is 2.86. The van der Waals surface area contributed by atoms with E-state index in [0.717, 1.165) is 15.7 Å². The largest absolute Gasteiger partial charge is 0.230 e. The Morgan fingerprint density at radius 2 is 1.75 bits per heavy atom. The molecule has 0 radical (unpaired) electrons. The lowest BCUT2D eigenvalue weighted by atomic mass is 10.3. The maximum Gasteiger partial charge on any atom is 0.192 e. The lowest BCUT2D eigenvalue weighted by Crippen LogP contribution is -1.88. The molecule has 2 nitrogen and oxygen atoms in total. The predicted octanol–water partition coefficient (Wildman–Crippen LogP) is 3.51. The third-order valence-electron chi connectivity index (χ3n) is 1.70. The summed E-state index contributed by atoms with van der Waals surface area (Å²) < 4.78 is 26.5. The summed E-state index contributed by atoms with van der Waals surface area (Å²) in [6.45, 7) is 0. The minimum Gasteiger partial charge on any atom is -0.230 e. The van der Waals surface area contributed by atoms with E-state index >= 15 is 0 Å². The Kier molecular flexibility index (Phi) is 3.70. The van der Waals surface area contributed by atoms with Crippen molar-refractivity contribution >= 4 is 34.4 Å². The van der Waals surface area contributed by atoms with Crippen LogP contribution in [0.3, 0.4) is 0 Å². The molecule has 0 aliphatic rings. The second-order valence-corrected chi connectivity index (χ2v) is 5.15. The molecule has 0 N–H and O–H groups in total. The van der Waals surface area contributed by atoms with Gasteiger partial charge in [0.1, 0.15) is 0 Å². The van der Waals surface area contributed by atoms with Gasteiger partial charge in [0, 0.05) is 20.9 Å². The molecule has 6 heteroatoms. The van der Waals surface area contributed by atoms with Crippen LogP contribution in [0.25, 0.3) is 0 Å². The average Bonchev–Trinajstić information content (AvgIpc) is 2.27. The monoisotopic (exact) mass is 350 g/mol. The van der Waals surface area contributed by atoms with E-state index in [4.69, 9.17) is 0 Å². The normalized spacial score (nSPS) is 10.4. The summed E-state index contributed by atoms with van der Waals surface area (Å²) >= 11 is 3.28. The van der Waals surface area contributed by atoms with Gasteiger partial charge in [-0.1, -0.05) is 0 Å². The lowest BCUT2D eigenvalue weighted by Gasteiger charge is -2.00. The van der Waals surface area contributed by atoms with E-state index < -0.39 is 11.6 Å². The standard InChI is InChI=1S/C10H5F2IN2S/c11-8-2-1-7(3-9(8)12)16-10-14-4-6(13)5-15-10/h1-5H. The zero-order valence-corrected chi connectivity index (χ0v) is 10.8. The van der Waals surface area contributed by atoms with Crippen LogP contribution in [-0.2, 0) is 0 Å². The van der Waals surface area contributed by atoms with Gasteiger partial charge in [-0.05, 0) is 52.6 Å². The molecule has 2 aromatic rings. The van der Waals surface area contributed by atoms with Gasteiger partial charge in [0.05, 0.1) is 0 Å².